The van der Waals surface area contributed by atoms with E-state index >= 15 is 4.57 Å². The minimum absolute atomic E-state index is 0.0517. The molecule has 5 heteroatoms. The van der Waals surface area contributed by atoms with Crippen molar-refractivity contribution in [3.05, 3.63) is 88.0 Å². The fourth-order valence-corrected chi connectivity index (χ4v) is 35.9. The Morgan fingerprint density at radius 3 is 0.611 bits per heavy atom. The van der Waals surface area contributed by atoms with Gasteiger partial charge >= 0.3 is 7.82 Å². The highest BCUT2D eigenvalue weighted by molar-refractivity contribution is 7.49. The van der Waals surface area contributed by atoms with Gasteiger partial charge in [-0.25, -0.2) is 0 Å². The van der Waals surface area contributed by atoms with Crippen LogP contribution in [0.25, 0.3) is 0 Å². The first-order valence-corrected chi connectivity index (χ1v) is 42.6. The molecule has 12 atom stereocenters. The molecule has 3 aromatic carbocycles. The molecule has 0 aliphatic heterocycles. The van der Waals surface area contributed by atoms with Gasteiger partial charge in [0, 0.05) is 49.2 Å². The Balaban J connectivity index is 0.784. The van der Waals surface area contributed by atoms with Crippen LogP contribution in [0.4, 0.5) is 0 Å². The van der Waals surface area contributed by atoms with E-state index in [9.17, 15) is 0 Å². The molecule has 4 nitrogen and oxygen atoms in total. The van der Waals surface area contributed by atoms with Crippen LogP contribution < -0.4 is 13.6 Å². The van der Waals surface area contributed by atoms with Gasteiger partial charge in [0.15, 0.2) is 0 Å². The van der Waals surface area contributed by atoms with Crippen molar-refractivity contribution in [2.45, 2.75) is 308 Å². The second-order valence-corrected chi connectivity index (χ2v) is 45.4. The summed E-state index contributed by atoms with van der Waals surface area (Å²) in [5.41, 5.74) is 9.61. The maximum absolute atomic E-state index is 18.6. The molecule has 0 amide bonds. The molecule has 0 spiro atoms. The molecule has 24 saturated carbocycles. The van der Waals surface area contributed by atoms with Gasteiger partial charge in [0.05, 0.1) is 0 Å². The average molecular weight is 1300 g/mol. The lowest BCUT2D eigenvalue weighted by atomic mass is 9.37. The van der Waals surface area contributed by atoms with Crippen LogP contribution in [0.15, 0.2) is 54.6 Å². The second-order valence-electron chi connectivity index (χ2n) is 43.9. The molecule has 512 valence electrons. The summed E-state index contributed by atoms with van der Waals surface area (Å²) in [6, 6.07) is 23.2. The van der Waals surface area contributed by atoms with Gasteiger partial charge in [0.2, 0.25) is 0 Å². The predicted octanol–water partition coefficient (Wildman–Crippen LogP) is 24.0. The summed E-state index contributed by atoms with van der Waals surface area (Å²) < 4.78 is 43.0. The second kappa shape index (κ2) is 18.9. The SMILES string of the molecule is CC1(C)C2CC3CC(C2)CC1(c1ccc(OP(=O)(Oc2ccc(C45CC6CC(CC(C6)C4(C)C)C5)cc2C24CC5CC(CC(C5)C2(C)C)C4)Oc2ccc(C45CC6CC(CC(C6)C4(C)C)C5)cc2C24CC5CC(CC(C5)C2(C)C)C4)c(C24CC5CC(CC(C5)C2(C)C)C4)c1)C3. The quantitative estimate of drug-likeness (QED) is 0.170. The Bertz CT molecular complexity index is 3320. The molecular formula is C90H123O4P. The van der Waals surface area contributed by atoms with E-state index in [0.717, 1.165) is 106 Å². The number of hydrogen-bond donors (Lipinski definition) is 0. The lowest BCUT2D eigenvalue weighted by Crippen LogP contribution is -2.61. The zero-order valence-corrected chi connectivity index (χ0v) is 62.3. The zero-order valence-electron chi connectivity index (χ0n) is 61.4. The van der Waals surface area contributed by atoms with Crippen molar-refractivity contribution in [2.75, 3.05) is 0 Å². The molecule has 0 aromatic heterocycles. The largest absolute Gasteiger partial charge is 0.647 e. The van der Waals surface area contributed by atoms with Crippen molar-refractivity contribution in [1.82, 2.24) is 0 Å². The first-order chi connectivity index (χ1) is 45.0. The maximum atomic E-state index is 18.6. The fraction of sp³-hybridized carbons (Fsp3) is 0.800. The number of hydrogen-bond acceptors (Lipinski definition) is 4. The first kappa shape index (κ1) is 61.0. The minimum Gasteiger partial charge on any atom is -0.386 e. The zero-order chi connectivity index (χ0) is 64.8. The molecule has 0 saturated heterocycles. The summed E-state index contributed by atoms with van der Waals surface area (Å²) in [6.07, 6.45) is 40.0. The first-order valence-electron chi connectivity index (χ1n) is 41.1. The Kier molecular flexibility index (Phi) is 12.2. The summed E-state index contributed by atoms with van der Waals surface area (Å²) in [6.45, 7) is 32.1. The number of rotatable bonds is 12. The summed E-state index contributed by atoms with van der Waals surface area (Å²) in [5, 5.41) is 0. The van der Waals surface area contributed by atoms with E-state index in [4.69, 9.17) is 13.6 Å². The molecule has 27 rings (SSSR count). The number of phosphoric ester groups is 1. The van der Waals surface area contributed by atoms with Gasteiger partial charge in [0.25, 0.3) is 0 Å². The minimum atomic E-state index is -4.66. The third kappa shape index (κ3) is 7.61. The highest BCUT2D eigenvalue weighted by Crippen LogP contribution is 2.78. The molecule has 24 bridgehead atoms. The normalized spacial score (nSPS) is 50.4. The molecule has 12 unspecified atom stereocenters. The molecule has 24 aliphatic rings. The van der Waals surface area contributed by atoms with Crippen molar-refractivity contribution in [1.29, 1.82) is 0 Å². The highest BCUT2D eigenvalue weighted by atomic mass is 31.2. The van der Waals surface area contributed by atoms with Gasteiger partial charge in [-0.1, -0.05) is 119 Å². The monoisotopic (exact) mass is 1300 g/mol. The van der Waals surface area contributed by atoms with Crippen LogP contribution >= 0.6 is 7.82 Å². The van der Waals surface area contributed by atoms with Gasteiger partial charge in [-0.15, -0.1) is 0 Å². The number of benzene rings is 3. The standard InChI is InChI=1S/C90H123O4P/c1-79(2)67-25-52-19-53(26-67)41-85(79,40-52)64-13-16-76(73(37-64)88-46-58-22-59(47-88)32-70(31-58)82(88,7)8)92-95(91,93-77-17-14-65(86-42-54-20-55(43-86)28-68(27-54)80(86,3)4)38-74(77)89-48-60-23-61(49-89)34-71(33-60)83(89,9)10)94-78-18-15-66(87-44-56-21-57(45-87)30-69(29-56)81(87,5)6)39-75(78)90-50-62-24-63(51-90)36-72(35-62)84(90,11)12/h13-18,37-39,52-63,67-72H,19-36,40-51H2,1-12H3. The molecule has 3 aromatic rings. The van der Waals surface area contributed by atoms with Gasteiger partial charge in [-0.2, -0.15) is 4.57 Å². The van der Waals surface area contributed by atoms with Gasteiger partial charge in [-0.05, 0) is 367 Å². The molecular weight excluding hydrogens is 1180 g/mol. The third-order valence-electron chi connectivity index (χ3n) is 39.4. The van der Waals surface area contributed by atoms with E-state index in [1.54, 1.807) is 16.7 Å². The summed E-state index contributed by atoms with van der Waals surface area (Å²) in [5.74, 6) is 16.0. The van der Waals surface area contributed by atoms with Crippen molar-refractivity contribution < 1.29 is 18.1 Å². The van der Waals surface area contributed by atoms with Crippen molar-refractivity contribution in [3.8, 4) is 17.2 Å². The predicted molar refractivity (Wildman–Crippen MR) is 383 cm³/mol. The van der Waals surface area contributed by atoms with Gasteiger partial charge < -0.3 is 13.6 Å². The number of phosphoric acid groups is 1. The van der Waals surface area contributed by atoms with Crippen molar-refractivity contribution >= 4 is 7.82 Å². The van der Waals surface area contributed by atoms with E-state index < -0.39 is 7.82 Å². The molecule has 24 fully saturated rings. The van der Waals surface area contributed by atoms with Gasteiger partial charge in [0.1, 0.15) is 17.2 Å². The molecule has 0 radical (unpaired) electrons. The van der Waals surface area contributed by atoms with Crippen LogP contribution in [-0.2, 0) is 37.1 Å². The molecule has 95 heavy (non-hydrogen) atoms. The van der Waals surface area contributed by atoms with E-state index in [1.165, 1.54) is 209 Å². The summed E-state index contributed by atoms with van der Waals surface area (Å²) in [4.78, 5) is 0. The lowest BCUT2D eigenvalue weighted by molar-refractivity contribution is -0.116. The van der Waals surface area contributed by atoms with Crippen LogP contribution in [0.3, 0.4) is 0 Å². The van der Waals surface area contributed by atoms with Crippen LogP contribution in [0.1, 0.15) is 309 Å². The van der Waals surface area contributed by atoms with Crippen molar-refractivity contribution in [2.24, 2.45) is 139 Å². The Hall–Kier alpha value is -2.71. The molecule has 0 heterocycles. The third-order valence-corrected chi connectivity index (χ3v) is 40.6. The van der Waals surface area contributed by atoms with Crippen LogP contribution in [0.5, 0.6) is 17.2 Å². The molecule has 24 aliphatic carbocycles. The van der Waals surface area contributed by atoms with Crippen molar-refractivity contribution in [3.63, 3.8) is 0 Å². The Morgan fingerprint density at radius 1 is 0.253 bits per heavy atom. The Labute approximate surface area is 575 Å². The fourth-order valence-electron chi connectivity index (χ4n) is 34.6. The van der Waals surface area contributed by atoms with E-state index in [1.807, 2.05) is 0 Å². The van der Waals surface area contributed by atoms with Crippen LogP contribution in [0, 0.1) is 139 Å². The lowest BCUT2D eigenvalue weighted by Gasteiger charge is -2.67. The molecule has 0 N–H and O–H groups in total. The summed E-state index contributed by atoms with van der Waals surface area (Å²) >= 11 is 0. The van der Waals surface area contributed by atoms with E-state index in [0.29, 0.717) is 17.8 Å². The van der Waals surface area contributed by atoms with E-state index in [2.05, 4.69) is 138 Å². The smallest absolute Gasteiger partial charge is 0.386 e. The maximum Gasteiger partial charge on any atom is 0.647 e. The summed E-state index contributed by atoms with van der Waals surface area (Å²) in [7, 11) is -4.66. The Morgan fingerprint density at radius 2 is 0.421 bits per heavy atom. The van der Waals surface area contributed by atoms with Crippen LogP contribution in [-0.4, -0.2) is 0 Å². The van der Waals surface area contributed by atoms with Gasteiger partial charge in [-0.3, -0.25) is 0 Å². The topological polar surface area (TPSA) is 44.8 Å². The van der Waals surface area contributed by atoms with Crippen LogP contribution in [0.2, 0.25) is 0 Å². The highest BCUT2D eigenvalue weighted by Gasteiger charge is 2.70. The van der Waals surface area contributed by atoms with E-state index in [-0.39, 0.29) is 65.0 Å². The average Bonchev–Trinajstić information content (AvgIpc) is 0.700.